The van der Waals surface area contributed by atoms with E-state index in [0.717, 1.165) is 25.5 Å². The molecule has 166 valence electrons. The van der Waals surface area contributed by atoms with E-state index in [-0.39, 0.29) is 42.0 Å². The lowest BCUT2D eigenvalue weighted by atomic mass is 9.73. The molecule has 30 heavy (non-hydrogen) atoms. The number of carboxylic acid groups (broad SMARTS) is 1. The Balaban J connectivity index is 0.000000806. The van der Waals surface area contributed by atoms with E-state index in [4.69, 9.17) is 14.6 Å². The van der Waals surface area contributed by atoms with Gasteiger partial charge in [-0.2, -0.15) is 13.2 Å². The summed E-state index contributed by atoms with van der Waals surface area (Å²) in [4.78, 5) is 25.0. The molecule has 3 aliphatic heterocycles. The second kappa shape index (κ2) is 8.55. The van der Waals surface area contributed by atoms with Gasteiger partial charge in [-0.25, -0.2) is 0 Å². The number of likely N-dealkylation sites (tertiary alicyclic amines) is 1. The molecule has 6 nitrogen and oxygen atoms in total. The number of benzene rings is 1. The molecule has 0 saturated carbocycles. The highest BCUT2D eigenvalue weighted by molar-refractivity contribution is 5.79. The second-order valence-electron chi connectivity index (χ2n) is 8.50. The van der Waals surface area contributed by atoms with Crippen molar-refractivity contribution in [2.45, 2.75) is 37.1 Å². The predicted molar refractivity (Wildman–Crippen MR) is 103 cm³/mol. The number of alkyl halides is 3. The fraction of sp³-hybridized carbons (Fsp3) is 0.619. The average Bonchev–Trinajstić information content (AvgIpc) is 3.31. The van der Waals surface area contributed by atoms with Gasteiger partial charge in [-0.15, -0.1) is 0 Å². The van der Waals surface area contributed by atoms with Gasteiger partial charge in [0, 0.05) is 24.9 Å². The zero-order chi connectivity index (χ0) is 22.1. The summed E-state index contributed by atoms with van der Waals surface area (Å²) in [6.45, 7) is 1.75. The van der Waals surface area contributed by atoms with Crippen LogP contribution in [0.5, 0.6) is 0 Å². The topological polar surface area (TPSA) is 70.1 Å². The fourth-order valence-corrected chi connectivity index (χ4v) is 5.27. The summed E-state index contributed by atoms with van der Waals surface area (Å²) in [7, 11) is 4.06. The SMILES string of the molecule is CN(C)C[C@H]1[C@H]2CN(C(=O)Cc3ccccc3C(F)(F)F)C[C@]23CC[C@H]1O3.O=CO. The van der Waals surface area contributed by atoms with E-state index >= 15 is 0 Å². The first kappa shape index (κ1) is 22.6. The molecule has 1 aromatic carbocycles. The molecule has 3 heterocycles. The molecule has 9 heteroatoms. The van der Waals surface area contributed by atoms with Gasteiger partial charge in [0.25, 0.3) is 6.47 Å². The number of carbonyl (C=O) groups is 2. The van der Waals surface area contributed by atoms with Crippen LogP contribution in [0.15, 0.2) is 24.3 Å². The van der Waals surface area contributed by atoms with E-state index in [0.29, 0.717) is 19.0 Å². The predicted octanol–water partition coefficient (Wildman–Crippen LogP) is 2.52. The van der Waals surface area contributed by atoms with E-state index in [1.54, 1.807) is 11.0 Å². The highest BCUT2D eigenvalue weighted by Crippen LogP contribution is 2.55. The van der Waals surface area contributed by atoms with Crippen molar-refractivity contribution in [3.63, 3.8) is 0 Å². The Hall–Kier alpha value is -2.13. The third kappa shape index (κ3) is 4.32. The molecule has 1 spiro atoms. The number of nitrogens with zero attached hydrogens (tertiary/aromatic N) is 2. The molecule has 0 aliphatic carbocycles. The van der Waals surface area contributed by atoms with Gasteiger partial charge < -0.3 is 19.6 Å². The summed E-state index contributed by atoms with van der Waals surface area (Å²) in [5.41, 5.74) is -0.969. The minimum Gasteiger partial charge on any atom is -0.483 e. The van der Waals surface area contributed by atoms with Crippen LogP contribution in [0.4, 0.5) is 13.2 Å². The normalized spacial score (nSPS) is 29.5. The third-order valence-electron chi connectivity index (χ3n) is 6.38. The van der Waals surface area contributed by atoms with Crippen LogP contribution in [0.2, 0.25) is 0 Å². The Labute approximate surface area is 173 Å². The molecule has 3 aliphatic rings. The molecule has 4 atom stereocenters. The Morgan fingerprint density at radius 2 is 2.03 bits per heavy atom. The Kier molecular flexibility index (Phi) is 6.43. The fourth-order valence-electron chi connectivity index (χ4n) is 5.27. The van der Waals surface area contributed by atoms with Crippen LogP contribution in [0.3, 0.4) is 0 Å². The maximum absolute atomic E-state index is 13.2. The summed E-state index contributed by atoms with van der Waals surface area (Å²) >= 11 is 0. The first-order valence-electron chi connectivity index (χ1n) is 9.94. The van der Waals surface area contributed by atoms with E-state index in [1.165, 1.54) is 12.1 Å². The van der Waals surface area contributed by atoms with Crippen LogP contribution in [-0.2, 0) is 26.9 Å². The van der Waals surface area contributed by atoms with Gasteiger partial charge in [-0.05, 0) is 38.6 Å². The number of halogens is 3. The van der Waals surface area contributed by atoms with Crippen molar-refractivity contribution in [3.8, 4) is 0 Å². The molecule has 0 aromatic heterocycles. The highest BCUT2D eigenvalue weighted by Gasteiger charge is 2.63. The van der Waals surface area contributed by atoms with Crippen LogP contribution in [0.1, 0.15) is 24.0 Å². The van der Waals surface area contributed by atoms with Gasteiger partial charge in [0.1, 0.15) is 0 Å². The number of fused-ring (bicyclic) bond motifs is 1. The van der Waals surface area contributed by atoms with Crippen molar-refractivity contribution < 1.29 is 32.6 Å². The van der Waals surface area contributed by atoms with E-state index in [9.17, 15) is 18.0 Å². The van der Waals surface area contributed by atoms with Crippen LogP contribution < -0.4 is 0 Å². The van der Waals surface area contributed by atoms with Gasteiger partial charge in [-0.3, -0.25) is 9.59 Å². The monoisotopic (exact) mass is 428 g/mol. The minimum absolute atomic E-state index is 0.0413. The van der Waals surface area contributed by atoms with Gasteiger partial charge >= 0.3 is 6.18 Å². The molecule has 0 radical (unpaired) electrons. The highest BCUT2D eigenvalue weighted by atomic mass is 19.4. The first-order valence-corrected chi connectivity index (χ1v) is 9.94. The maximum atomic E-state index is 13.2. The third-order valence-corrected chi connectivity index (χ3v) is 6.38. The summed E-state index contributed by atoms with van der Waals surface area (Å²) < 4.78 is 45.9. The minimum atomic E-state index is -4.45. The molecular weight excluding hydrogens is 401 g/mol. The Morgan fingerprint density at radius 3 is 2.67 bits per heavy atom. The lowest BCUT2D eigenvalue weighted by Crippen LogP contribution is -2.40. The summed E-state index contributed by atoms with van der Waals surface area (Å²) in [6.07, 6.45) is -2.47. The molecular formula is C21H27F3N2O4. The van der Waals surface area contributed by atoms with Gasteiger partial charge in [0.2, 0.25) is 5.91 Å². The lowest BCUT2D eigenvalue weighted by molar-refractivity contribution is -0.138. The van der Waals surface area contributed by atoms with Gasteiger partial charge in [0.15, 0.2) is 0 Å². The zero-order valence-electron chi connectivity index (χ0n) is 17.1. The lowest BCUT2D eigenvalue weighted by Gasteiger charge is -2.30. The van der Waals surface area contributed by atoms with Crippen LogP contribution in [0, 0.1) is 11.8 Å². The molecule has 4 rings (SSSR count). The van der Waals surface area contributed by atoms with E-state index in [2.05, 4.69) is 4.90 Å². The molecule has 1 aromatic rings. The van der Waals surface area contributed by atoms with Crippen molar-refractivity contribution >= 4 is 12.4 Å². The number of carbonyl (C=O) groups excluding carboxylic acids is 1. The molecule has 0 unspecified atom stereocenters. The number of ether oxygens (including phenoxy) is 1. The van der Waals surface area contributed by atoms with Gasteiger partial charge in [0.05, 0.1) is 30.2 Å². The molecule has 3 saturated heterocycles. The summed E-state index contributed by atoms with van der Waals surface area (Å²) in [6, 6.07) is 5.34. The van der Waals surface area contributed by atoms with Crippen molar-refractivity contribution in [2.24, 2.45) is 11.8 Å². The first-order chi connectivity index (χ1) is 14.1. The summed E-state index contributed by atoms with van der Waals surface area (Å²) in [5, 5.41) is 6.89. The van der Waals surface area contributed by atoms with Crippen molar-refractivity contribution in [2.75, 3.05) is 33.7 Å². The maximum Gasteiger partial charge on any atom is 0.416 e. The van der Waals surface area contributed by atoms with E-state index in [1.807, 2.05) is 14.1 Å². The van der Waals surface area contributed by atoms with E-state index < -0.39 is 11.7 Å². The van der Waals surface area contributed by atoms with Crippen molar-refractivity contribution in [3.05, 3.63) is 35.4 Å². The standard InChI is InChI=1S/C20H25F3N2O2.CH2O2/c1-24(2)10-14-16-11-25(12-19(16)8-7-17(14)27-19)18(26)9-13-5-3-4-6-15(13)20(21,22)23;2-1-3/h3-6,14,16-17H,7-12H2,1-2H3;1H,(H,2,3)/t14-,16+,17+,19+;/m0./s1. The summed E-state index contributed by atoms with van der Waals surface area (Å²) in [5.74, 6) is 0.417. The number of rotatable bonds is 4. The second-order valence-corrected chi connectivity index (χ2v) is 8.50. The van der Waals surface area contributed by atoms with Gasteiger partial charge in [-0.1, -0.05) is 18.2 Å². The molecule has 2 bridgehead atoms. The largest absolute Gasteiger partial charge is 0.483 e. The van der Waals surface area contributed by atoms with Crippen LogP contribution in [0.25, 0.3) is 0 Å². The average molecular weight is 428 g/mol. The smallest absolute Gasteiger partial charge is 0.416 e. The molecule has 1 amide bonds. The van der Waals surface area contributed by atoms with Crippen molar-refractivity contribution in [1.82, 2.24) is 9.80 Å². The number of hydrogen-bond acceptors (Lipinski definition) is 4. The quantitative estimate of drug-likeness (QED) is 0.747. The van der Waals surface area contributed by atoms with Crippen molar-refractivity contribution in [1.29, 1.82) is 0 Å². The zero-order valence-corrected chi connectivity index (χ0v) is 17.1. The number of amides is 1. The molecule has 1 N–H and O–H groups in total. The van der Waals surface area contributed by atoms with Crippen LogP contribution in [-0.4, -0.2) is 72.7 Å². The number of hydrogen-bond donors (Lipinski definition) is 1. The Bertz CT molecular complexity index is 786. The molecule has 3 fully saturated rings. The Morgan fingerprint density at radius 1 is 1.37 bits per heavy atom. The van der Waals surface area contributed by atoms with Crippen LogP contribution >= 0.6 is 0 Å².